The molecule has 1 aliphatic carbocycles. The Morgan fingerprint density at radius 2 is 1.76 bits per heavy atom. The van der Waals surface area contributed by atoms with Crippen LogP contribution >= 0.6 is 0 Å². The molecule has 1 N–H and O–H groups in total. The second-order valence-electron chi connectivity index (χ2n) is 12.5. The van der Waals surface area contributed by atoms with Crippen LogP contribution in [0.1, 0.15) is 57.9 Å². The van der Waals surface area contributed by atoms with Crippen molar-refractivity contribution in [1.82, 2.24) is 14.7 Å². The first-order chi connectivity index (χ1) is 19.9. The van der Waals surface area contributed by atoms with Crippen LogP contribution in [0.2, 0.25) is 0 Å². The van der Waals surface area contributed by atoms with E-state index in [1.807, 2.05) is 73.4 Å². The first-order valence-electron chi connectivity index (χ1n) is 15.5. The minimum Gasteiger partial charge on any atom is -0.394 e. The highest BCUT2D eigenvalue weighted by atomic mass is 16.5. The molecule has 6 rings (SSSR count). The van der Waals surface area contributed by atoms with Crippen molar-refractivity contribution < 1.29 is 24.2 Å². The molecular formula is C33H43N3O5. The second kappa shape index (κ2) is 11.4. The third kappa shape index (κ3) is 4.63. The van der Waals surface area contributed by atoms with Crippen LogP contribution in [0.5, 0.6) is 0 Å². The number of benzene rings is 1. The number of likely N-dealkylation sites (tertiary alicyclic amines) is 1. The number of carbonyl (C=O) groups excluding carboxylic acids is 3. The van der Waals surface area contributed by atoms with Gasteiger partial charge in [-0.3, -0.25) is 14.4 Å². The van der Waals surface area contributed by atoms with Crippen LogP contribution in [0, 0.1) is 17.8 Å². The molecule has 1 aromatic rings. The molecule has 41 heavy (non-hydrogen) atoms. The third-order valence-corrected chi connectivity index (χ3v) is 10.3. The molecule has 0 aromatic heterocycles. The summed E-state index contributed by atoms with van der Waals surface area (Å²) in [6, 6.07) is 8.52. The average Bonchev–Trinajstić information content (AvgIpc) is 3.31. The van der Waals surface area contributed by atoms with Gasteiger partial charge in [0.2, 0.25) is 17.7 Å². The summed E-state index contributed by atoms with van der Waals surface area (Å²) in [5.41, 5.74) is -0.243. The van der Waals surface area contributed by atoms with E-state index >= 15 is 0 Å². The first kappa shape index (κ1) is 28.2. The number of ether oxygens (including phenoxy) is 1. The van der Waals surface area contributed by atoms with E-state index in [1.54, 1.807) is 9.80 Å². The summed E-state index contributed by atoms with van der Waals surface area (Å²) in [5.74, 6) is -2.11. The molecule has 3 fully saturated rings. The van der Waals surface area contributed by atoms with Crippen LogP contribution in [0.4, 0.5) is 0 Å². The number of nitrogens with zero attached hydrogens (tertiary/aromatic N) is 3. The summed E-state index contributed by atoms with van der Waals surface area (Å²) in [6.45, 7) is 5.12. The largest absolute Gasteiger partial charge is 0.394 e. The van der Waals surface area contributed by atoms with Gasteiger partial charge in [0.25, 0.3) is 0 Å². The number of amides is 3. The first-order valence-corrected chi connectivity index (χ1v) is 15.5. The number of aliphatic hydroxyl groups excluding tert-OH is 1. The van der Waals surface area contributed by atoms with Crippen molar-refractivity contribution in [3.05, 3.63) is 60.2 Å². The maximum atomic E-state index is 14.6. The number of rotatable bonds is 7. The summed E-state index contributed by atoms with van der Waals surface area (Å²) < 4.78 is 6.81. The van der Waals surface area contributed by atoms with Crippen LogP contribution in [-0.4, -0.2) is 87.1 Å². The molecule has 7 atom stereocenters. The zero-order valence-electron chi connectivity index (χ0n) is 24.2. The Kier molecular flexibility index (Phi) is 7.81. The van der Waals surface area contributed by atoms with Gasteiger partial charge in [-0.05, 0) is 24.3 Å². The summed E-state index contributed by atoms with van der Waals surface area (Å²) in [5, 5.41) is 10.6. The van der Waals surface area contributed by atoms with E-state index in [4.69, 9.17) is 4.74 Å². The molecule has 3 amide bonds. The Morgan fingerprint density at radius 3 is 2.46 bits per heavy atom. The normalized spacial score (nSPS) is 33.3. The van der Waals surface area contributed by atoms with E-state index < -0.39 is 35.6 Å². The molecule has 5 aliphatic rings. The second-order valence-corrected chi connectivity index (χ2v) is 12.5. The summed E-state index contributed by atoms with van der Waals surface area (Å²) in [6.07, 6.45) is 13.2. The molecule has 8 heteroatoms. The van der Waals surface area contributed by atoms with E-state index in [2.05, 4.69) is 0 Å². The Labute approximate surface area is 243 Å². The van der Waals surface area contributed by atoms with Crippen LogP contribution in [0.25, 0.3) is 0 Å². The minimum absolute atomic E-state index is 0.0295. The molecule has 220 valence electrons. The molecule has 8 nitrogen and oxygen atoms in total. The lowest BCUT2D eigenvalue weighted by Crippen LogP contribution is -2.60. The lowest BCUT2D eigenvalue weighted by Gasteiger charge is -2.42. The molecule has 1 saturated carbocycles. The van der Waals surface area contributed by atoms with E-state index in [9.17, 15) is 19.5 Å². The molecule has 1 spiro atoms. The van der Waals surface area contributed by atoms with Gasteiger partial charge in [-0.2, -0.15) is 0 Å². The van der Waals surface area contributed by atoms with Crippen molar-refractivity contribution in [2.24, 2.45) is 17.8 Å². The van der Waals surface area contributed by atoms with Crippen LogP contribution in [0.15, 0.2) is 54.6 Å². The van der Waals surface area contributed by atoms with Gasteiger partial charge in [-0.15, -0.1) is 0 Å². The Hall–Kier alpha value is -2.97. The topological polar surface area (TPSA) is 90.4 Å². The molecular weight excluding hydrogens is 518 g/mol. The quantitative estimate of drug-likeness (QED) is 0.516. The molecule has 0 radical (unpaired) electrons. The zero-order valence-corrected chi connectivity index (χ0v) is 24.2. The highest BCUT2D eigenvalue weighted by Crippen LogP contribution is 2.54. The number of hydrogen-bond acceptors (Lipinski definition) is 5. The molecule has 2 saturated heterocycles. The van der Waals surface area contributed by atoms with Crippen LogP contribution in [0.3, 0.4) is 0 Å². The number of hydrogen-bond donors (Lipinski definition) is 1. The molecule has 4 heterocycles. The van der Waals surface area contributed by atoms with Gasteiger partial charge in [-0.1, -0.05) is 94.2 Å². The predicted molar refractivity (Wildman–Crippen MR) is 154 cm³/mol. The molecule has 0 bridgehead atoms. The van der Waals surface area contributed by atoms with E-state index in [0.717, 1.165) is 37.7 Å². The van der Waals surface area contributed by atoms with Gasteiger partial charge in [0.05, 0.1) is 30.6 Å². The summed E-state index contributed by atoms with van der Waals surface area (Å²) in [4.78, 5) is 48.9. The van der Waals surface area contributed by atoms with Gasteiger partial charge in [0.1, 0.15) is 11.6 Å². The van der Waals surface area contributed by atoms with Crippen molar-refractivity contribution in [2.75, 3.05) is 19.7 Å². The van der Waals surface area contributed by atoms with Crippen molar-refractivity contribution in [2.45, 2.75) is 88.7 Å². The SMILES string of the molecule is CC[C@H](C)[C@H](CO)N1C(=O)[C@@H]2[C@@H]3C(=O)N(Cc4ccccc4)CC=C[C@@H]3O[C@@]23C=CCN(C2CCCCC2)C(=O)C13. The van der Waals surface area contributed by atoms with Crippen LogP contribution < -0.4 is 0 Å². The summed E-state index contributed by atoms with van der Waals surface area (Å²) >= 11 is 0. The highest BCUT2D eigenvalue weighted by molar-refractivity contribution is 6.00. The fraction of sp³-hybridized carbons (Fsp3) is 0.606. The maximum Gasteiger partial charge on any atom is 0.249 e. The van der Waals surface area contributed by atoms with Crippen molar-refractivity contribution in [1.29, 1.82) is 0 Å². The Bertz CT molecular complexity index is 1210. The fourth-order valence-electron chi connectivity index (χ4n) is 7.98. The summed E-state index contributed by atoms with van der Waals surface area (Å²) in [7, 11) is 0. The van der Waals surface area contributed by atoms with Crippen molar-refractivity contribution >= 4 is 17.7 Å². The lowest BCUT2D eigenvalue weighted by molar-refractivity contribution is -0.154. The molecule has 1 unspecified atom stereocenters. The monoisotopic (exact) mass is 561 g/mol. The van der Waals surface area contributed by atoms with Gasteiger partial charge in [-0.25, -0.2) is 0 Å². The average molecular weight is 562 g/mol. The lowest BCUT2D eigenvalue weighted by atomic mass is 9.77. The molecule has 4 aliphatic heterocycles. The number of carbonyl (C=O) groups is 3. The highest BCUT2D eigenvalue weighted by Gasteiger charge is 2.72. The van der Waals surface area contributed by atoms with Crippen molar-refractivity contribution in [3.63, 3.8) is 0 Å². The van der Waals surface area contributed by atoms with E-state index in [1.165, 1.54) is 6.42 Å². The predicted octanol–water partition coefficient (Wildman–Crippen LogP) is 3.30. The van der Waals surface area contributed by atoms with Gasteiger partial charge in [0, 0.05) is 25.7 Å². The van der Waals surface area contributed by atoms with Gasteiger partial charge in [0.15, 0.2) is 0 Å². The Morgan fingerprint density at radius 1 is 1.00 bits per heavy atom. The van der Waals surface area contributed by atoms with Crippen molar-refractivity contribution in [3.8, 4) is 0 Å². The number of aliphatic hydroxyl groups is 1. The fourth-order valence-corrected chi connectivity index (χ4v) is 7.98. The smallest absolute Gasteiger partial charge is 0.249 e. The standard InChI is InChI=1S/C33H43N3O5/c1-3-22(2)25(21-37)36-29-32(40)35(24-14-8-5-9-15-24)19-11-17-33(29)28(31(36)39)27-26(41-33)16-10-18-34(30(27)38)20-23-12-6-4-7-13-23/h4,6-7,10-13,16-17,22,24-29,37H,3,5,8-9,14-15,18-21H2,1-2H3/t22-,25-,26-,27+,28-,29?,33-/m0/s1. The zero-order chi connectivity index (χ0) is 28.7. The minimum atomic E-state index is -1.26. The third-order valence-electron chi connectivity index (χ3n) is 10.3. The number of fused-ring (bicyclic) bond motifs is 2. The Balaban J connectivity index is 1.41. The maximum absolute atomic E-state index is 14.6. The van der Waals surface area contributed by atoms with E-state index in [-0.39, 0.29) is 36.3 Å². The van der Waals surface area contributed by atoms with Gasteiger partial charge >= 0.3 is 0 Å². The van der Waals surface area contributed by atoms with Gasteiger partial charge < -0.3 is 24.5 Å². The molecule has 1 aromatic carbocycles. The van der Waals surface area contributed by atoms with Crippen LogP contribution in [-0.2, 0) is 25.7 Å². The van der Waals surface area contributed by atoms with E-state index in [0.29, 0.717) is 19.6 Å².